The molecule has 5 atom stereocenters. The second kappa shape index (κ2) is 5.85. The zero-order valence-electron chi connectivity index (χ0n) is 15.1. The van der Waals surface area contributed by atoms with Crippen LogP contribution in [-0.4, -0.2) is 53.8 Å². The van der Waals surface area contributed by atoms with Crippen LogP contribution >= 0.6 is 0 Å². The Labute approximate surface area is 151 Å². The lowest BCUT2D eigenvalue weighted by molar-refractivity contribution is -0.180. The van der Waals surface area contributed by atoms with E-state index in [0.29, 0.717) is 5.56 Å². The van der Waals surface area contributed by atoms with Gasteiger partial charge in [0.15, 0.2) is 35.7 Å². The van der Waals surface area contributed by atoms with E-state index in [9.17, 15) is 9.59 Å². The fraction of sp³-hybridized carbons (Fsp3) is 0.579. The molecule has 7 nitrogen and oxygen atoms in total. The summed E-state index contributed by atoms with van der Waals surface area (Å²) < 4.78 is 29.0. The van der Waals surface area contributed by atoms with Crippen LogP contribution in [0.1, 0.15) is 38.1 Å². The van der Waals surface area contributed by atoms with Crippen LogP contribution in [0, 0.1) is 0 Å². The van der Waals surface area contributed by atoms with Gasteiger partial charge in [-0.15, -0.1) is 0 Å². The second-order valence-corrected chi connectivity index (χ2v) is 7.68. The number of esters is 1. The van der Waals surface area contributed by atoms with Gasteiger partial charge in [0, 0.05) is 0 Å². The number of hydrogen-bond acceptors (Lipinski definition) is 7. The van der Waals surface area contributed by atoms with Crippen molar-refractivity contribution >= 4 is 11.8 Å². The molecule has 3 aliphatic rings. The van der Waals surface area contributed by atoms with E-state index in [1.165, 1.54) is 0 Å². The van der Waals surface area contributed by atoms with Gasteiger partial charge in [0.2, 0.25) is 0 Å². The second-order valence-electron chi connectivity index (χ2n) is 7.68. The number of ketones is 1. The van der Waals surface area contributed by atoms with Gasteiger partial charge < -0.3 is 23.7 Å². The quantitative estimate of drug-likeness (QED) is 0.743. The summed E-state index contributed by atoms with van der Waals surface area (Å²) >= 11 is 0. The lowest BCUT2D eigenvalue weighted by Crippen LogP contribution is -2.60. The number of hydrogen-bond donors (Lipinski definition) is 0. The van der Waals surface area contributed by atoms with Crippen LogP contribution in [0.5, 0.6) is 0 Å². The van der Waals surface area contributed by atoms with Crippen LogP contribution in [0.2, 0.25) is 0 Å². The Hall–Kier alpha value is -1.80. The van der Waals surface area contributed by atoms with Crippen LogP contribution in [0.15, 0.2) is 30.3 Å². The minimum Gasteiger partial charge on any atom is -0.453 e. The van der Waals surface area contributed by atoms with Gasteiger partial charge in [0.25, 0.3) is 0 Å². The number of fused-ring (bicyclic) bond motifs is 2. The number of benzene rings is 1. The van der Waals surface area contributed by atoms with E-state index in [0.717, 1.165) is 0 Å². The van der Waals surface area contributed by atoms with E-state index < -0.39 is 48.1 Å². The van der Waals surface area contributed by atoms with Crippen LogP contribution in [0.4, 0.5) is 0 Å². The summed E-state index contributed by atoms with van der Waals surface area (Å²) in [5, 5.41) is 0. The molecule has 1 aliphatic carbocycles. The minimum atomic E-state index is -0.962. The molecule has 3 fully saturated rings. The first-order valence-electron chi connectivity index (χ1n) is 8.68. The minimum absolute atomic E-state index is 0.247. The lowest BCUT2D eigenvalue weighted by Gasteiger charge is -2.36. The van der Waals surface area contributed by atoms with Gasteiger partial charge >= 0.3 is 5.97 Å². The highest BCUT2D eigenvalue weighted by Gasteiger charge is 2.64. The molecular weight excluding hydrogens is 340 g/mol. The SMILES string of the molecule is CC1(C)O[C@@H]2C(OC(=O)c3ccccc3)[C@@H]3OC(C)(C)O[C@@H]3C(=O)[C@@H]2O1. The molecule has 140 valence electrons. The largest absolute Gasteiger partial charge is 0.453 e. The van der Waals surface area contributed by atoms with E-state index in [-0.39, 0.29) is 5.78 Å². The molecule has 1 unspecified atom stereocenters. The van der Waals surface area contributed by atoms with Gasteiger partial charge in [-0.2, -0.15) is 0 Å². The van der Waals surface area contributed by atoms with Gasteiger partial charge in [-0.1, -0.05) is 18.2 Å². The van der Waals surface area contributed by atoms with Gasteiger partial charge in [0.1, 0.15) is 12.2 Å². The monoisotopic (exact) mass is 362 g/mol. The molecule has 1 saturated carbocycles. The van der Waals surface area contributed by atoms with Gasteiger partial charge in [0.05, 0.1) is 5.56 Å². The predicted octanol–water partition coefficient (Wildman–Crippen LogP) is 1.83. The molecule has 0 spiro atoms. The third-order valence-electron chi connectivity index (χ3n) is 4.72. The molecule has 0 amide bonds. The fourth-order valence-electron chi connectivity index (χ4n) is 3.75. The Bertz CT molecular complexity index is 693. The van der Waals surface area contributed by atoms with Crippen molar-refractivity contribution < 1.29 is 33.3 Å². The highest BCUT2D eigenvalue weighted by atomic mass is 16.8. The Morgan fingerprint density at radius 2 is 1.38 bits per heavy atom. The maximum Gasteiger partial charge on any atom is 0.338 e. The molecule has 26 heavy (non-hydrogen) atoms. The summed E-state index contributed by atoms with van der Waals surface area (Å²) in [6.07, 6.45) is -4.04. The van der Waals surface area contributed by atoms with Crippen molar-refractivity contribution in [1.29, 1.82) is 0 Å². The maximum absolute atomic E-state index is 12.8. The smallest absolute Gasteiger partial charge is 0.338 e. The average molecular weight is 362 g/mol. The number of rotatable bonds is 2. The van der Waals surface area contributed by atoms with Crippen molar-refractivity contribution in [3.8, 4) is 0 Å². The summed E-state index contributed by atoms with van der Waals surface area (Å²) in [7, 11) is 0. The van der Waals surface area contributed by atoms with Crippen LogP contribution in [0.3, 0.4) is 0 Å². The molecule has 1 aromatic carbocycles. The predicted molar refractivity (Wildman–Crippen MR) is 88.3 cm³/mol. The van der Waals surface area contributed by atoms with E-state index in [2.05, 4.69) is 0 Å². The summed E-state index contributed by atoms with van der Waals surface area (Å²) in [5.74, 6) is -2.68. The Balaban J connectivity index is 1.65. The molecule has 0 aromatic heterocycles. The van der Waals surface area contributed by atoms with Crippen molar-refractivity contribution in [1.82, 2.24) is 0 Å². The molecule has 2 aliphatic heterocycles. The van der Waals surface area contributed by atoms with Crippen LogP contribution < -0.4 is 0 Å². The van der Waals surface area contributed by atoms with Crippen molar-refractivity contribution in [2.24, 2.45) is 0 Å². The normalized spacial score (nSPS) is 37.1. The molecule has 0 radical (unpaired) electrons. The van der Waals surface area contributed by atoms with E-state index >= 15 is 0 Å². The highest BCUT2D eigenvalue weighted by molar-refractivity contribution is 5.92. The Morgan fingerprint density at radius 3 is 1.88 bits per heavy atom. The first kappa shape index (κ1) is 17.6. The van der Waals surface area contributed by atoms with Crippen LogP contribution in [0.25, 0.3) is 0 Å². The van der Waals surface area contributed by atoms with Gasteiger partial charge in [-0.05, 0) is 39.8 Å². The molecule has 0 bridgehead atoms. The Morgan fingerprint density at radius 1 is 0.885 bits per heavy atom. The number of ether oxygens (including phenoxy) is 5. The molecule has 2 heterocycles. The van der Waals surface area contributed by atoms with Crippen molar-refractivity contribution in [3.05, 3.63) is 35.9 Å². The van der Waals surface area contributed by atoms with Gasteiger partial charge in [-0.3, -0.25) is 4.79 Å². The summed E-state index contributed by atoms with van der Waals surface area (Å²) in [5.41, 5.74) is 0.411. The molecule has 1 aromatic rings. The molecule has 2 saturated heterocycles. The summed E-state index contributed by atoms with van der Waals surface area (Å²) in [6.45, 7) is 6.87. The van der Waals surface area contributed by atoms with Gasteiger partial charge in [-0.25, -0.2) is 4.79 Å². The average Bonchev–Trinajstić information content (AvgIpc) is 3.08. The molecule has 7 heteroatoms. The van der Waals surface area contributed by atoms with Crippen molar-refractivity contribution in [2.75, 3.05) is 0 Å². The molecule has 4 rings (SSSR count). The third kappa shape index (κ3) is 2.95. The standard InChI is InChI=1S/C19H22O7/c1-18(2)23-12-11(20)13-16(26-19(3,4)24-13)14(15(12)25-18)22-17(21)10-8-6-5-7-9-10/h5-9,12-16H,1-4H3/t12-,13+,14?,15-,16+. The zero-order chi connectivity index (χ0) is 18.7. The van der Waals surface area contributed by atoms with Crippen molar-refractivity contribution in [2.45, 2.75) is 69.8 Å². The summed E-state index contributed by atoms with van der Waals surface area (Å²) in [6, 6.07) is 8.65. The Kier molecular flexibility index (Phi) is 3.96. The van der Waals surface area contributed by atoms with E-state index in [4.69, 9.17) is 23.7 Å². The maximum atomic E-state index is 12.8. The first-order valence-corrected chi connectivity index (χ1v) is 8.68. The molecular formula is C19H22O7. The first-order chi connectivity index (χ1) is 12.2. The third-order valence-corrected chi connectivity index (χ3v) is 4.72. The van der Waals surface area contributed by atoms with E-state index in [1.807, 2.05) is 6.07 Å². The lowest BCUT2D eigenvalue weighted by atomic mass is 9.86. The van der Waals surface area contributed by atoms with Crippen LogP contribution in [-0.2, 0) is 28.5 Å². The topological polar surface area (TPSA) is 80.3 Å². The van der Waals surface area contributed by atoms with E-state index in [1.54, 1.807) is 52.0 Å². The molecule has 0 N–H and O–H groups in total. The fourth-order valence-corrected chi connectivity index (χ4v) is 3.75. The number of Topliss-reactive ketones (excluding diaryl/α,β-unsaturated/α-hetero) is 1. The highest BCUT2D eigenvalue weighted by Crippen LogP contribution is 2.43. The number of carbonyl (C=O) groups excluding carboxylic acids is 2. The summed E-state index contributed by atoms with van der Waals surface area (Å²) in [4.78, 5) is 25.4. The zero-order valence-corrected chi connectivity index (χ0v) is 15.1. The number of carbonyl (C=O) groups is 2. The van der Waals surface area contributed by atoms with Crippen molar-refractivity contribution in [3.63, 3.8) is 0 Å².